The number of para-hydroxylation sites is 2. The summed E-state index contributed by atoms with van der Waals surface area (Å²) in [5, 5.41) is 21.9. The molecule has 2 N–H and O–H groups in total. The number of benzene rings is 7. The zero-order valence-electron chi connectivity index (χ0n) is 36.5. The van der Waals surface area contributed by atoms with E-state index in [0.717, 1.165) is 44.5 Å². The Morgan fingerprint density at radius 3 is 1.07 bits per heavy atom. The predicted molar refractivity (Wildman–Crippen MR) is 247 cm³/mol. The molecule has 0 aromatic heterocycles. The number of rotatable bonds is 6. The Morgan fingerprint density at radius 2 is 0.729 bits per heavy atom. The SMILES string of the molecule is CC(C)([CH]=[W]=[O])c1ccccc1.Cc1cc(C)c(-c2cccc(-c3c(C)cc(C)cc3C)c2O)c(C)c1.Cc1cc(C)c(-c2cccc(-c3ccccc3)c2O)c(C)c1. The molecule has 0 saturated heterocycles. The van der Waals surface area contributed by atoms with Gasteiger partial charge in [-0.25, -0.2) is 0 Å². The van der Waals surface area contributed by atoms with Gasteiger partial charge in [0.2, 0.25) is 0 Å². The molecule has 0 aliphatic heterocycles. The molecule has 0 radical (unpaired) electrons. The van der Waals surface area contributed by atoms with Gasteiger partial charge in [-0.3, -0.25) is 0 Å². The smallest absolute Gasteiger partial charge is 0.131 e. The van der Waals surface area contributed by atoms with E-state index >= 15 is 0 Å². The maximum atomic E-state index is 11.1. The fraction of sp³-hybridized carbons (Fsp3) is 0.218. The van der Waals surface area contributed by atoms with Gasteiger partial charge in [0.1, 0.15) is 11.5 Å². The van der Waals surface area contributed by atoms with E-state index < -0.39 is 18.1 Å². The molecule has 0 spiro atoms. The van der Waals surface area contributed by atoms with Gasteiger partial charge in [-0.05, 0) is 118 Å². The van der Waals surface area contributed by atoms with Crippen LogP contribution >= 0.6 is 0 Å². The summed E-state index contributed by atoms with van der Waals surface area (Å²) < 4.78 is 12.6. The molecule has 7 rings (SSSR count). The van der Waals surface area contributed by atoms with Gasteiger partial charge in [0.25, 0.3) is 0 Å². The van der Waals surface area contributed by atoms with Gasteiger partial charge in [0, 0.05) is 22.3 Å². The van der Waals surface area contributed by atoms with E-state index in [0.29, 0.717) is 11.5 Å². The van der Waals surface area contributed by atoms with E-state index in [9.17, 15) is 13.6 Å². The summed E-state index contributed by atoms with van der Waals surface area (Å²) in [4.78, 5) is 0. The molecule has 0 aliphatic carbocycles. The van der Waals surface area contributed by atoms with Crippen molar-refractivity contribution in [2.45, 2.75) is 81.6 Å². The van der Waals surface area contributed by atoms with Crippen LogP contribution in [-0.4, -0.2) is 14.6 Å². The average molecular weight is 951 g/mol. The fourth-order valence-corrected chi connectivity index (χ4v) is 9.77. The summed E-state index contributed by atoms with van der Waals surface area (Å²) in [6.45, 7) is 23.2. The number of phenolic OH excluding ortho intramolecular Hbond substituents is 2. The average Bonchev–Trinajstić information content (AvgIpc) is 3.17. The molecule has 7 aromatic rings. The molecular weight excluding hydrogens is 892 g/mol. The summed E-state index contributed by atoms with van der Waals surface area (Å²) in [6, 6.07) is 45.3. The monoisotopic (exact) mass is 950 g/mol. The van der Waals surface area contributed by atoms with Gasteiger partial charge in [-0.1, -0.05) is 120 Å². The van der Waals surface area contributed by atoms with Gasteiger partial charge < -0.3 is 10.2 Å². The van der Waals surface area contributed by atoms with E-state index in [1.165, 1.54) is 55.6 Å². The van der Waals surface area contributed by atoms with Crippen molar-refractivity contribution in [3.05, 3.63) is 189 Å². The molecule has 0 atom stereocenters. The van der Waals surface area contributed by atoms with Crippen LogP contribution in [0.25, 0.3) is 44.5 Å². The quantitative estimate of drug-likeness (QED) is 0.175. The maximum absolute atomic E-state index is 11.1. The first-order valence-electron chi connectivity index (χ1n) is 20.2. The molecule has 302 valence electrons. The van der Waals surface area contributed by atoms with Crippen molar-refractivity contribution < 1.29 is 31.7 Å². The standard InChI is InChI=1S/C24H26O.C21H20O.C10H12.O.W/c1-14-10-16(3)22(17(4)11-14)20-8-7-9-21(24(20)25)23-18(5)12-15(2)13-19(23)6;1-14-12-15(2)20(16(3)13-14)19-11-7-10-18(21(19)22)17-8-5-4-6-9-17;1-10(2,3)9-7-5-4-6-8-9;;/h7-13,25H,1-6H3;4-13,22H,1-3H3;1,4-8H,2-3H3;;. The van der Waals surface area contributed by atoms with Gasteiger partial charge in [0.05, 0.1) is 0 Å². The fourth-order valence-electron chi connectivity index (χ4n) is 8.41. The first-order chi connectivity index (χ1) is 28.0. The van der Waals surface area contributed by atoms with E-state index in [4.69, 9.17) is 0 Å². The van der Waals surface area contributed by atoms with Crippen LogP contribution in [0.15, 0.2) is 133 Å². The van der Waals surface area contributed by atoms with Gasteiger partial charge in [-0.15, -0.1) is 0 Å². The van der Waals surface area contributed by atoms with Crippen LogP contribution in [0, 0.1) is 62.3 Å². The van der Waals surface area contributed by atoms with E-state index in [1.54, 1.807) is 0 Å². The van der Waals surface area contributed by atoms with Crippen molar-refractivity contribution in [1.82, 2.24) is 0 Å². The molecule has 4 heteroatoms. The number of hydrogen-bond donors (Lipinski definition) is 2. The van der Waals surface area contributed by atoms with Gasteiger partial charge >= 0.3 is 81.0 Å². The van der Waals surface area contributed by atoms with Crippen LogP contribution in [0.3, 0.4) is 0 Å². The number of hydrogen-bond acceptors (Lipinski definition) is 3. The van der Waals surface area contributed by atoms with E-state index in [2.05, 4.69) is 125 Å². The normalized spacial score (nSPS) is 10.8. The Balaban J connectivity index is 0.000000178. The number of phenols is 2. The Labute approximate surface area is 360 Å². The van der Waals surface area contributed by atoms with Crippen LogP contribution < -0.4 is 0 Å². The largest absolute Gasteiger partial charge is 0.507 e. The van der Waals surface area contributed by atoms with Crippen LogP contribution in [-0.2, 0) is 26.9 Å². The molecule has 3 nitrogen and oxygen atoms in total. The van der Waals surface area contributed by atoms with E-state index in [-0.39, 0.29) is 5.41 Å². The summed E-state index contributed by atoms with van der Waals surface area (Å²) in [5.74, 6) is 0.719. The number of aromatic hydroxyl groups is 2. The Hall–Kier alpha value is -5.50. The van der Waals surface area contributed by atoms with Crippen LogP contribution in [0.5, 0.6) is 11.5 Å². The van der Waals surface area contributed by atoms with E-state index in [1.807, 2.05) is 89.3 Å². The van der Waals surface area contributed by atoms with Gasteiger partial charge in [-0.2, -0.15) is 0 Å². The van der Waals surface area contributed by atoms with Crippen LogP contribution in [0.1, 0.15) is 69.5 Å². The van der Waals surface area contributed by atoms with Crippen molar-refractivity contribution in [2.24, 2.45) is 0 Å². The van der Waals surface area contributed by atoms with Crippen LogP contribution in [0.4, 0.5) is 0 Å². The molecule has 0 bridgehead atoms. The molecule has 0 amide bonds. The third kappa shape index (κ3) is 10.6. The van der Waals surface area contributed by atoms with Gasteiger partial charge in [0.15, 0.2) is 0 Å². The second-order valence-corrected chi connectivity index (χ2v) is 17.9. The third-order valence-corrected chi connectivity index (χ3v) is 13.3. The van der Waals surface area contributed by atoms with Crippen molar-refractivity contribution in [2.75, 3.05) is 0 Å². The second-order valence-electron chi connectivity index (χ2n) is 16.4. The summed E-state index contributed by atoms with van der Waals surface area (Å²) in [7, 11) is 0. The minimum absolute atomic E-state index is 0.0202. The Morgan fingerprint density at radius 1 is 0.424 bits per heavy atom. The predicted octanol–water partition coefficient (Wildman–Crippen LogP) is 14.4. The summed E-state index contributed by atoms with van der Waals surface area (Å²) in [6.07, 6.45) is 0. The molecule has 0 aliphatic rings. The second kappa shape index (κ2) is 19.5. The molecule has 59 heavy (non-hydrogen) atoms. The molecule has 0 unspecified atom stereocenters. The molecule has 0 fully saturated rings. The van der Waals surface area contributed by atoms with Crippen molar-refractivity contribution in [1.29, 1.82) is 0 Å². The molecular formula is C55H58O3W. The molecule has 7 aromatic carbocycles. The Kier molecular flexibility index (Phi) is 14.7. The first kappa shape index (κ1) is 44.6. The van der Waals surface area contributed by atoms with Crippen molar-refractivity contribution in [3.8, 4) is 56.0 Å². The zero-order valence-corrected chi connectivity index (χ0v) is 39.4. The Bertz CT molecular complexity index is 2490. The number of aryl methyl sites for hydroxylation is 9. The van der Waals surface area contributed by atoms with Crippen LogP contribution in [0.2, 0.25) is 0 Å². The molecule has 0 heterocycles. The summed E-state index contributed by atoms with van der Waals surface area (Å²) >= 11 is -1.43. The minimum atomic E-state index is -1.43. The maximum Gasteiger partial charge on any atom is 0.131 e. The zero-order chi connectivity index (χ0) is 43.0. The van der Waals surface area contributed by atoms with Crippen molar-refractivity contribution in [3.63, 3.8) is 0 Å². The third-order valence-electron chi connectivity index (χ3n) is 10.9. The minimum Gasteiger partial charge on any atom is -0.507 e. The molecule has 0 saturated carbocycles. The topological polar surface area (TPSA) is 57.5 Å². The summed E-state index contributed by atoms with van der Waals surface area (Å²) in [5.41, 5.74) is 20.1. The van der Waals surface area contributed by atoms with Crippen molar-refractivity contribution >= 4 is 4.40 Å². The first-order valence-corrected chi connectivity index (χ1v) is 23.1.